The molecule has 0 spiro atoms. The van der Waals surface area contributed by atoms with E-state index >= 15 is 0 Å². The Morgan fingerprint density at radius 3 is 1.95 bits per heavy atom. The van der Waals surface area contributed by atoms with Crippen molar-refractivity contribution in [3.8, 4) is 0 Å². The minimum absolute atomic E-state index is 0.0515. The molecule has 1 saturated carbocycles. The van der Waals surface area contributed by atoms with E-state index in [9.17, 15) is 37.2 Å². The number of amides is 7. The van der Waals surface area contributed by atoms with Gasteiger partial charge in [-0.15, -0.1) is 0 Å². The van der Waals surface area contributed by atoms with E-state index in [1.54, 1.807) is 39.2 Å². The first-order valence-corrected chi connectivity index (χ1v) is 23.3. The zero-order chi connectivity index (χ0) is 49.2. The summed E-state index contributed by atoms with van der Waals surface area (Å²) in [6.07, 6.45) is 3.11. The van der Waals surface area contributed by atoms with Crippen LogP contribution in [0.5, 0.6) is 0 Å². The van der Waals surface area contributed by atoms with Crippen molar-refractivity contribution in [1.29, 1.82) is 0 Å². The van der Waals surface area contributed by atoms with Crippen molar-refractivity contribution < 1.29 is 37.2 Å². The van der Waals surface area contributed by atoms with Crippen molar-refractivity contribution in [2.24, 2.45) is 22.8 Å². The standard InChI is InChI=1S/C47H71N9O8S/c1-28(2)35(56(12)43(61)38(45(6,7)8)53-42(60)37(50-11)46(9,10)31-17-14-13-15-18-31)27-30(5)39(57)55-65(63,64)33-22-20-32(21-23-33)47(24-25-47)54-40(58)34(19-16-26-51-44(49)62)52-41(59)36(48)29(3)4/h13-15,17-18,20-23,27-28,34-38,50H,3,16,19,24-26,48H2,1-2,4-12H3,(H,52,59)(H,53,60)(H,54,58)(H,55,57)(H3,49,51,62)/b30-27+/t34-,35+,36-,37+,38+/m0/s1. The Hall–Kier alpha value is -5.59. The van der Waals surface area contributed by atoms with Gasteiger partial charge in [-0.3, -0.25) is 24.0 Å². The fraction of sp³-hybridized carbons (Fsp3) is 0.532. The third kappa shape index (κ3) is 14.2. The first-order chi connectivity index (χ1) is 30.1. The number of urea groups is 1. The molecule has 65 heavy (non-hydrogen) atoms. The van der Waals surface area contributed by atoms with Crippen molar-refractivity contribution in [2.75, 3.05) is 20.6 Å². The van der Waals surface area contributed by atoms with Crippen LogP contribution in [0.4, 0.5) is 4.79 Å². The quantitative estimate of drug-likeness (QED) is 0.0486. The van der Waals surface area contributed by atoms with Gasteiger partial charge in [0.05, 0.1) is 22.5 Å². The van der Waals surface area contributed by atoms with E-state index in [0.717, 1.165) is 5.56 Å². The van der Waals surface area contributed by atoms with Crippen LogP contribution in [0.15, 0.2) is 83.3 Å². The van der Waals surface area contributed by atoms with Crippen LogP contribution in [-0.2, 0) is 44.9 Å². The molecule has 0 unspecified atom stereocenters. The second kappa shape index (κ2) is 22.1. The summed E-state index contributed by atoms with van der Waals surface area (Å²) in [7, 11) is -1.09. The first-order valence-electron chi connectivity index (χ1n) is 21.8. The van der Waals surface area contributed by atoms with Crippen molar-refractivity contribution >= 4 is 45.6 Å². The maximum absolute atomic E-state index is 14.3. The summed E-state index contributed by atoms with van der Waals surface area (Å²) in [6, 6.07) is 10.3. The molecule has 0 radical (unpaired) electrons. The van der Waals surface area contributed by atoms with Gasteiger partial charge in [0.25, 0.3) is 15.9 Å². The maximum atomic E-state index is 14.3. The number of rotatable bonds is 22. The lowest BCUT2D eigenvalue weighted by Crippen LogP contribution is -2.61. The second-order valence-corrected chi connectivity index (χ2v) is 20.7. The van der Waals surface area contributed by atoms with Gasteiger partial charge in [-0.25, -0.2) is 17.9 Å². The smallest absolute Gasteiger partial charge is 0.312 e. The fourth-order valence-electron chi connectivity index (χ4n) is 7.58. The van der Waals surface area contributed by atoms with Crippen LogP contribution < -0.4 is 42.8 Å². The molecule has 7 amide bonds. The number of nitrogens with two attached hydrogens (primary N) is 2. The van der Waals surface area contributed by atoms with Gasteiger partial charge in [-0.1, -0.05) is 109 Å². The first kappa shape index (κ1) is 53.7. The van der Waals surface area contributed by atoms with E-state index in [1.165, 1.54) is 24.0 Å². The van der Waals surface area contributed by atoms with Gasteiger partial charge in [0.1, 0.15) is 18.1 Å². The molecule has 3 rings (SSSR count). The molecule has 0 aromatic heterocycles. The number of carbonyl (C=O) groups is 6. The average molecular weight is 922 g/mol. The number of hydrogen-bond donors (Lipinski definition) is 8. The lowest BCUT2D eigenvalue weighted by Gasteiger charge is -2.40. The summed E-state index contributed by atoms with van der Waals surface area (Å²) in [5, 5.41) is 14.3. The van der Waals surface area contributed by atoms with E-state index in [1.807, 2.05) is 78.8 Å². The predicted molar refractivity (Wildman–Crippen MR) is 251 cm³/mol. The summed E-state index contributed by atoms with van der Waals surface area (Å²) in [6.45, 7) is 20.2. The van der Waals surface area contributed by atoms with Crippen LogP contribution in [0, 0.1) is 11.3 Å². The van der Waals surface area contributed by atoms with Crippen LogP contribution in [0.2, 0.25) is 0 Å². The molecule has 1 aliphatic carbocycles. The topological polar surface area (TPSA) is 264 Å². The molecular weight excluding hydrogens is 851 g/mol. The maximum Gasteiger partial charge on any atom is 0.312 e. The molecular formula is C47H71N9O8S. The Bertz CT molecular complexity index is 2200. The second-order valence-electron chi connectivity index (χ2n) is 19.0. The summed E-state index contributed by atoms with van der Waals surface area (Å²) in [5.41, 5.74) is 10.9. The van der Waals surface area contributed by atoms with Crippen molar-refractivity contribution in [2.45, 2.75) is 134 Å². The molecule has 0 saturated heterocycles. The third-order valence-electron chi connectivity index (χ3n) is 11.9. The number of nitrogens with one attached hydrogen (secondary N) is 6. The molecule has 18 heteroatoms. The van der Waals surface area contributed by atoms with E-state index in [-0.39, 0.29) is 41.2 Å². The number of sulfonamides is 1. The molecule has 2 aromatic rings. The Kier molecular flexibility index (Phi) is 18.2. The molecule has 358 valence electrons. The van der Waals surface area contributed by atoms with Crippen molar-refractivity contribution in [3.63, 3.8) is 0 Å². The van der Waals surface area contributed by atoms with Crippen molar-refractivity contribution in [1.82, 2.24) is 36.2 Å². The van der Waals surface area contributed by atoms with Crippen LogP contribution in [0.1, 0.15) is 99.1 Å². The zero-order valence-corrected chi connectivity index (χ0v) is 40.6. The number of likely N-dealkylation sites (N-methyl/N-ethyl adjacent to an activating group) is 2. The Morgan fingerprint density at radius 1 is 0.877 bits per heavy atom. The highest BCUT2D eigenvalue weighted by Gasteiger charge is 2.47. The molecule has 0 bridgehead atoms. The van der Waals surface area contributed by atoms with Crippen LogP contribution in [-0.4, -0.2) is 99.7 Å². The van der Waals surface area contributed by atoms with Gasteiger partial charge < -0.3 is 43.0 Å². The molecule has 0 aliphatic heterocycles. The molecule has 2 aromatic carbocycles. The number of nitrogens with zero attached hydrogens (tertiary/aromatic N) is 1. The highest BCUT2D eigenvalue weighted by molar-refractivity contribution is 7.90. The molecule has 1 fully saturated rings. The van der Waals surface area contributed by atoms with Gasteiger partial charge in [-0.05, 0) is 81.2 Å². The lowest BCUT2D eigenvalue weighted by molar-refractivity contribution is -0.141. The summed E-state index contributed by atoms with van der Waals surface area (Å²) >= 11 is 0. The Labute approximate surface area is 384 Å². The number of primary amides is 1. The highest BCUT2D eigenvalue weighted by Crippen LogP contribution is 2.45. The molecule has 10 N–H and O–H groups in total. The predicted octanol–water partition coefficient (Wildman–Crippen LogP) is 2.96. The van der Waals surface area contributed by atoms with E-state index in [4.69, 9.17) is 11.5 Å². The highest BCUT2D eigenvalue weighted by atomic mass is 32.2. The van der Waals surface area contributed by atoms with Gasteiger partial charge in [0.15, 0.2) is 0 Å². The lowest BCUT2D eigenvalue weighted by atomic mass is 9.76. The van der Waals surface area contributed by atoms with Crippen LogP contribution in [0.3, 0.4) is 0 Å². The Balaban J connectivity index is 1.77. The molecule has 17 nitrogen and oxygen atoms in total. The van der Waals surface area contributed by atoms with E-state index in [2.05, 4.69) is 37.9 Å². The SMILES string of the molecule is C=C(C)[C@H](N)C(=O)N[C@@H](CCCNC(N)=O)C(=O)NC1(c2ccc(S(=O)(=O)NC(=O)/C(C)=C/[C@H](C(C)C)N(C)C(=O)[C@@H](NC(=O)[C@@H](NC)C(C)(C)c3ccccc3)C(C)(C)C)cc2)CC1. The molecule has 1 aliphatic rings. The van der Waals surface area contributed by atoms with Crippen molar-refractivity contribution in [3.05, 3.63) is 89.5 Å². The third-order valence-corrected chi connectivity index (χ3v) is 13.3. The van der Waals surface area contributed by atoms with Gasteiger partial charge in [0, 0.05) is 24.6 Å². The largest absolute Gasteiger partial charge is 0.352 e. The number of carbonyl (C=O) groups excluding carboxylic acids is 6. The minimum Gasteiger partial charge on any atom is -0.352 e. The van der Waals surface area contributed by atoms with E-state index < -0.39 is 80.4 Å². The molecule has 0 heterocycles. The minimum atomic E-state index is -4.38. The fourth-order valence-corrected chi connectivity index (χ4v) is 8.60. The van der Waals surface area contributed by atoms with E-state index in [0.29, 0.717) is 30.4 Å². The number of hydrogen-bond acceptors (Lipinski definition) is 10. The van der Waals surface area contributed by atoms with Gasteiger partial charge in [-0.2, -0.15) is 0 Å². The number of benzene rings is 2. The monoisotopic (exact) mass is 922 g/mol. The van der Waals surface area contributed by atoms with Crippen LogP contribution in [0.25, 0.3) is 0 Å². The van der Waals surface area contributed by atoms with Crippen LogP contribution >= 0.6 is 0 Å². The molecule has 5 atom stereocenters. The summed E-state index contributed by atoms with van der Waals surface area (Å²) in [5.74, 6) is -2.94. The Morgan fingerprint density at radius 2 is 1.46 bits per heavy atom. The summed E-state index contributed by atoms with van der Waals surface area (Å²) in [4.78, 5) is 80.5. The van der Waals surface area contributed by atoms with Gasteiger partial charge >= 0.3 is 6.03 Å². The summed E-state index contributed by atoms with van der Waals surface area (Å²) < 4.78 is 29.2. The van der Waals surface area contributed by atoms with Gasteiger partial charge in [0.2, 0.25) is 23.6 Å². The average Bonchev–Trinajstić information content (AvgIpc) is 4.01. The zero-order valence-electron chi connectivity index (χ0n) is 39.8. The normalized spacial score (nSPS) is 16.2.